The fourth-order valence-corrected chi connectivity index (χ4v) is 2.34. The number of alkyl carbamates (subject to hydrolysis) is 1. The molecule has 0 bridgehead atoms. The maximum absolute atomic E-state index is 11.9. The zero-order chi connectivity index (χ0) is 16.9. The summed E-state index contributed by atoms with van der Waals surface area (Å²) in [5.41, 5.74) is 0.953. The number of carbonyl (C=O) groups excluding carboxylic acids is 1. The molecule has 1 rings (SSSR count). The van der Waals surface area contributed by atoms with Gasteiger partial charge in [0, 0.05) is 12.5 Å². The molecule has 0 aliphatic carbocycles. The molecule has 5 nitrogen and oxygen atoms in total. The number of amides is 1. The van der Waals surface area contributed by atoms with E-state index in [0.29, 0.717) is 6.42 Å². The second-order valence-corrected chi connectivity index (χ2v) is 5.68. The molecule has 0 spiro atoms. The number of carboxylic acid groups (broad SMARTS) is 1. The lowest BCUT2D eigenvalue weighted by Crippen LogP contribution is -2.35. The molecule has 0 radical (unpaired) electrons. The predicted octanol–water partition coefficient (Wildman–Crippen LogP) is 4.12. The fourth-order valence-electron chi connectivity index (χ4n) is 2.34. The van der Waals surface area contributed by atoms with Crippen LogP contribution in [0.3, 0.4) is 0 Å². The topological polar surface area (TPSA) is 75.6 Å². The summed E-state index contributed by atoms with van der Waals surface area (Å²) in [4.78, 5) is 22.4. The monoisotopic (exact) mass is 321 g/mol. The van der Waals surface area contributed by atoms with Gasteiger partial charge in [-0.2, -0.15) is 0 Å². The van der Waals surface area contributed by atoms with E-state index in [0.717, 1.165) is 37.7 Å². The molecule has 0 saturated heterocycles. The van der Waals surface area contributed by atoms with Gasteiger partial charge in [0.2, 0.25) is 0 Å². The zero-order valence-corrected chi connectivity index (χ0v) is 13.8. The summed E-state index contributed by atoms with van der Waals surface area (Å²) in [5.74, 6) is -0.773. The second kappa shape index (κ2) is 11.5. The van der Waals surface area contributed by atoms with Crippen molar-refractivity contribution in [3.8, 4) is 0 Å². The van der Waals surface area contributed by atoms with Crippen molar-refractivity contribution in [2.75, 3.05) is 0 Å². The number of hydrogen-bond donors (Lipinski definition) is 2. The van der Waals surface area contributed by atoms with Crippen molar-refractivity contribution < 1.29 is 19.4 Å². The van der Waals surface area contributed by atoms with E-state index < -0.39 is 12.1 Å². The molecule has 1 atom stereocenters. The summed E-state index contributed by atoms with van der Waals surface area (Å²) >= 11 is 0. The molecule has 1 unspecified atom stereocenters. The van der Waals surface area contributed by atoms with Crippen LogP contribution in [0, 0.1) is 0 Å². The van der Waals surface area contributed by atoms with Gasteiger partial charge in [-0.25, -0.2) is 4.79 Å². The first-order chi connectivity index (χ1) is 11.1. The first kappa shape index (κ1) is 19.0. The number of carboxylic acids is 1. The van der Waals surface area contributed by atoms with Gasteiger partial charge in [0.05, 0.1) is 0 Å². The van der Waals surface area contributed by atoms with Crippen molar-refractivity contribution in [2.45, 2.75) is 64.5 Å². The summed E-state index contributed by atoms with van der Waals surface area (Å²) < 4.78 is 5.24. The number of unbranched alkanes of at least 4 members (excludes halogenated alkanes) is 2. The SMILES string of the molecule is CCCCC(CCCCC(=O)O)NC(=O)OCc1ccccc1. The second-order valence-electron chi connectivity index (χ2n) is 5.68. The largest absolute Gasteiger partial charge is 0.481 e. The van der Waals surface area contributed by atoms with Gasteiger partial charge in [-0.15, -0.1) is 0 Å². The van der Waals surface area contributed by atoms with Crippen LogP contribution >= 0.6 is 0 Å². The summed E-state index contributed by atoms with van der Waals surface area (Å²) in [5, 5.41) is 11.6. The van der Waals surface area contributed by atoms with Crippen molar-refractivity contribution in [1.29, 1.82) is 0 Å². The molecule has 0 aliphatic heterocycles. The van der Waals surface area contributed by atoms with Gasteiger partial charge in [-0.1, -0.05) is 56.5 Å². The minimum atomic E-state index is -0.773. The lowest BCUT2D eigenvalue weighted by Gasteiger charge is -2.18. The molecular formula is C18H27NO4. The number of ether oxygens (including phenoxy) is 1. The van der Waals surface area contributed by atoms with Crippen LogP contribution < -0.4 is 5.32 Å². The highest BCUT2D eigenvalue weighted by molar-refractivity contribution is 5.67. The Morgan fingerprint density at radius 3 is 2.48 bits per heavy atom. The van der Waals surface area contributed by atoms with Crippen LogP contribution in [0.4, 0.5) is 4.79 Å². The highest BCUT2D eigenvalue weighted by atomic mass is 16.5. The highest BCUT2D eigenvalue weighted by Crippen LogP contribution is 2.11. The summed E-state index contributed by atoms with van der Waals surface area (Å²) in [7, 11) is 0. The standard InChI is InChI=1S/C18H27NO4/c1-2-3-11-16(12-7-8-13-17(20)21)19-18(22)23-14-15-9-5-4-6-10-15/h4-6,9-10,16H,2-3,7-8,11-14H2,1H3,(H,19,22)(H,20,21). The Hall–Kier alpha value is -2.04. The normalized spacial score (nSPS) is 11.7. The van der Waals surface area contributed by atoms with E-state index in [1.165, 1.54) is 0 Å². The number of hydrogen-bond acceptors (Lipinski definition) is 3. The molecule has 5 heteroatoms. The van der Waals surface area contributed by atoms with E-state index in [-0.39, 0.29) is 19.1 Å². The number of carbonyl (C=O) groups is 2. The molecule has 0 saturated carbocycles. The number of aliphatic carboxylic acids is 1. The molecule has 1 aromatic carbocycles. The Labute approximate surface area is 138 Å². The number of rotatable bonds is 11. The van der Waals surface area contributed by atoms with E-state index in [1.807, 2.05) is 30.3 Å². The Morgan fingerprint density at radius 2 is 1.83 bits per heavy atom. The third kappa shape index (κ3) is 9.55. The van der Waals surface area contributed by atoms with Crippen LogP contribution in [0.5, 0.6) is 0 Å². The highest BCUT2D eigenvalue weighted by Gasteiger charge is 2.13. The van der Waals surface area contributed by atoms with Gasteiger partial charge >= 0.3 is 12.1 Å². The average Bonchev–Trinajstić information content (AvgIpc) is 2.55. The fraction of sp³-hybridized carbons (Fsp3) is 0.556. The predicted molar refractivity (Wildman–Crippen MR) is 89.2 cm³/mol. The van der Waals surface area contributed by atoms with Crippen LogP contribution in [-0.4, -0.2) is 23.2 Å². The van der Waals surface area contributed by atoms with Crippen LogP contribution in [0.2, 0.25) is 0 Å². The molecule has 1 amide bonds. The summed E-state index contributed by atoms with van der Waals surface area (Å²) in [6.07, 6.45) is 4.97. The minimum Gasteiger partial charge on any atom is -0.481 e. The van der Waals surface area contributed by atoms with Crippen molar-refractivity contribution in [2.24, 2.45) is 0 Å². The summed E-state index contributed by atoms with van der Waals surface area (Å²) in [6.45, 7) is 2.36. The zero-order valence-electron chi connectivity index (χ0n) is 13.8. The molecule has 23 heavy (non-hydrogen) atoms. The summed E-state index contributed by atoms with van der Waals surface area (Å²) in [6, 6.07) is 9.60. The van der Waals surface area contributed by atoms with Crippen LogP contribution in [0.15, 0.2) is 30.3 Å². The van der Waals surface area contributed by atoms with Gasteiger partial charge < -0.3 is 15.2 Å². The quantitative estimate of drug-likeness (QED) is 0.601. The molecular weight excluding hydrogens is 294 g/mol. The third-order valence-corrected chi connectivity index (χ3v) is 3.63. The molecule has 0 fully saturated rings. The van der Waals surface area contributed by atoms with E-state index >= 15 is 0 Å². The van der Waals surface area contributed by atoms with Gasteiger partial charge in [0.25, 0.3) is 0 Å². The van der Waals surface area contributed by atoms with Gasteiger partial charge in [-0.05, 0) is 24.8 Å². The van der Waals surface area contributed by atoms with E-state index in [1.54, 1.807) is 0 Å². The van der Waals surface area contributed by atoms with Gasteiger partial charge in [0.1, 0.15) is 6.61 Å². The first-order valence-electron chi connectivity index (χ1n) is 8.30. The maximum atomic E-state index is 11.9. The Kier molecular flexibility index (Phi) is 9.52. The van der Waals surface area contributed by atoms with Crippen molar-refractivity contribution in [3.63, 3.8) is 0 Å². The average molecular weight is 321 g/mol. The van der Waals surface area contributed by atoms with E-state index in [4.69, 9.17) is 9.84 Å². The van der Waals surface area contributed by atoms with Gasteiger partial charge in [0.15, 0.2) is 0 Å². The van der Waals surface area contributed by atoms with E-state index in [2.05, 4.69) is 12.2 Å². The Balaban J connectivity index is 2.32. The molecule has 1 aromatic rings. The van der Waals surface area contributed by atoms with Crippen molar-refractivity contribution in [3.05, 3.63) is 35.9 Å². The van der Waals surface area contributed by atoms with Crippen molar-refractivity contribution in [1.82, 2.24) is 5.32 Å². The minimum absolute atomic E-state index is 0.0482. The van der Waals surface area contributed by atoms with Crippen molar-refractivity contribution >= 4 is 12.1 Å². The lowest BCUT2D eigenvalue weighted by atomic mass is 10.0. The maximum Gasteiger partial charge on any atom is 0.407 e. The van der Waals surface area contributed by atoms with Gasteiger partial charge in [-0.3, -0.25) is 4.79 Å². The first-order valence-corrected chi connectivity index (χ1v) is 8.30. The lowest BCUT2D eigenvalue weighted by molar-refractivity contribution is -0.137. The van der Waals surface area contributed by atoms with E-state index in [9.17, 15) is 9.59 Å². The number of benzene rings is 1. The van der Waals surface area contributed by atoms with Crippen LogP contribution in [0.25, 0.3) is 0 Å². The number of nitrogens with one attached hydrogen (secondary N) is 1. The molecule has 128 valence electrons. The third-order valence-electron chi connectivity index (χ3n) is 3.63. The Morgan fingerprint density at radius 1 is 1.13 bits per heavy atom. The molecule has 2 N–H and O–H groups in total. The molecule has 0 heterocycles. The smallest absolute Gasteiger partial charge is 0.407 e. The van der Waals surface area contributed by atoms with Crippen LogP contribution in [0.1, 0.15) is 57.4 Å². The van der Waals surface area contributed by atoms with Crippen LogP contribution in [-0.2, 0) is 16.1 Å². The Bertz CT molecular complexity index is 461. The molecule has 0 aliphatic rings. The molecule has 0 aromatic heterocycles.